The zero-order valence-electron chi connectivity index (χ0n) is 12.4. The standard InChI is InChI=1S/C18H22FN/c1-13(2)12-17(15-9-5-4-6-10-15)20-18-14(3)8-7-11-16(18)19/h4-11,13,17,20H,12H2,1-3H3. The van der Waals surface area contributed by atoms with E-state index in [-0.39, 0.29) is 11.9 Å². The molecule has 0 fully saturated rings. The predicted molar refractivity (Wildman–Crippen MR) is 83.4 cm³/mol. The van der Waals surface area contributed by atoms with Crippen LogP contribution in [0.4, 0.5) is 10.1 Å². The first-order valence-electron chi connectivity index (χ1n) is 7.14. The third kappa shape index (κ3) is 3.60. The maximum Gasteiger partial charge on any atom is 0.146 e. The average molecular weight is 271 g/mol. The zero-order valence-corrected chi connectivity index (χ0v) is 12.4. The summed E-state index contributed by atoms with van der Waals surface area (Å²) in [4.78, 5) is 0. The minimum atomic E-state index is -0.185. The van der Waals surface area contributed by atoms with Crippen molar-refractivity contribution >= 4 is 5.69 Å². The van der Waals surface area contributed by atoms with Gasteiger partial charge in [0.05, 0.1) is 11.7 Å². The number of benzene rings is 2. The van der Waals surface area contributed by atoms with Crippen LogP contribution in [0.25, 0.3) is 0 Å². The van der Waals surface area contributed by atoms with E-state index < -0.39 is 0 Å². The summed E-state index contributed by atoms with van der Waals surface area (Å²) in [5.74, 6) is 0.356. The van der Waals surface area contributed by atoms with Crippen LogP contribution in [0.15, 0.2) is 48.5 Å². The Bertz CT molecular complexity index is 528. The molecule has 20 heavy (non-hydrogen) atoms. The maximum atomic E-state index is 14.0. The Morgan fingerprint density at radius 1 is 1.00 bits per heavy atom. The van der Waals surface area contributed by atoms with Gasteiger partial charge in [0.1, 0.15) is 5.82 Å². The van der Waals surface area contributed by atoms with Gasteiger partial charge in [0.15, 0.2) is 0 Å². The van der Waals surface area contributed by atoms with Crippen LogP contribution in [0.3, 0.4) is 0 Å². The molecule has 0 saturated heterocycles. The van der Waals surface area contributed by atoms with Crippen molar-refractivity contribution < 1.29 is 4.39 Å². The summed E-state index contributed by atoms with van der Waals surface area (Å²) in [5.41, 5.74) is 2.75. The van der Waals surface area contributed by atoms with Gasteiger partial charge in [-0.2, -0.15) is 0 Å². The van der Waals surface area contributed by atoms with Gasteiger partial charge in [0, 0.05) is 0 Å². The third-order valence-electron chi connectivity index (χ3n) is 3.45. The Morgan fingerprint density at radius 3 is 2.30 bits per heavy atom. The largest absolute Gasteiger partial charge is 0.376 e. The minimum absolute atomic E-state index is 0.131. The smallest absolute Gasteiger partial charge is 0.146 e. The molecule has 1 nitrogen and oxygen atoms in total. The topological polar surface area (TPSA) is 12.0 Å². The second-order valence-corrected chi connectivity index (χ2v) is 5.67. The number of anilines is 1. The number of nitrogens with one attached hydrogen (secondary N) is 1. The fraction of sp³-hybridized carbons (Fsp3) is 0.333. The van der Waals surface area contributed by atoms with Gasteiger partial charge in [-0.15, -0.1) is 0 Å². The van der Waals surface area contributed by atoms with Crippen molar-refractivity contribution in [1.29, 1.82) is 0 Å². The van der Waals surface area contributed by atoms with Gasteiger partial charge in [-0.1, -0.05) is 56.3 Å². The van der Waals surface area contributed by atoms with Crippen LogP contribution in [0.2, 0.25) is 0 Å². The SMILES string of the molecule is Cc1cccc(F)c1NC(CC(C)C)c1ccccc1. The van der Waals surface area contributed by atoms with Crippen molar-refractivity contribution in [2.45, 2.75) is 33.2 Å². The Labute approximate surface area is 120 Å². The van der Waals surface area contributed by atoms with Crippen molar-refractivity contribution in [1.82, 2.24) is 0 Å². The molecular formula is C18H22FN. The summed E-state index contributed by atoms with van der Waals surface area (Å²) >= 11 is 0. The van der Waals surface area contributed by atoms with Crippen molar-refractivity contribution in [3.63, 3.8) is 0 Å². The summed E-state index contributed by atoms with van der Waals surface area (Å²) in [5, 5.41) is 3.39. The van der Waals surface area contributed by atoms with Gasteiger partial charge in [-0.25, -0.2) is 4.39 Å². The quantitative estimate of drug-likeness (QED) is 0.774. The molecule has 1 atom stereocenters. The van der Waals surface area contributed by atoms with Gasteiger partial charge in [-0.3, -0.25) is 0 Å². The van der Waals surface area contributed by atoms with Gasteiger partial charge < -0.3 is 5.32 Å². The molecule has 2 aromatic rings. The molecule has 1 N–H and O–H groups in total. The van der Waals surface area contributed by atoms with Gasteiger partial charge in [0.2, 0.25) is 0 Å². The van der Waals surface area contributed by atoms with Crippen LogP contribution in [-0.2, 0) is 0 Å². The molecule has 0 aromatic heterocycles. The van der Waals surface area contributed by atoms with Crippen LogP contribution in [0.1, 0.15) is 37.4 Å². The van der Waals surface area contributed by atoms with E-state index in [2.05, 4.69) is 31.3 Å². The second-order valence-electron chi connectivity index (χ2n) is 5.67. The second kappa shape index (κ2) is 6.56. The molecule has 0 aliphatic rings. The van der Waals surface area contributed by atoms with E-state index in [1.54, 1.807) is 6.07 Å². The van der Waals surface area contributed by atoms with Crippen molar-refractivity contribution in [3.8, 4) is 0 Å². The highest BCUT2D eigenvalue weighted by Crippen LogP contribution is 2.29. The van der Waals surface area contributed by atoms with Crippen LogP contribution in [0, 0.1) is 18.7 Å². The van der Waals surface area contributed by atoms with Gasteiger partial charge >= 0.3 is 0 Å². The number of halogens is 1. The first-order valence-corrected chi connectivity index (χ1v) is 7.14. The van der Waals surface area contributed by atoms with Crippen molar-refractivity contribution in [2.75, 3.05) is 5.32 Å². The van der Waals surface area contributed by atoms with Crippen LogP contribution >= 0.6 is 0 Å². The number of aryl methyl sites for hydroxylation is 1. The first-order chi connectivity index (χ1) is 9.58. The monoisotopic (exact) mass is 271 g/mol. The lowest BCUT2D eigenvalue weighted by atomic mass is 9.96. The highest BCUT2D eigenvalue weighted by molar-refractivity contribution is 5.53. The number of hydrogen-bond acceptors (Lipinski definition) is 1. The highest BCUT2D eigenvalue weighted by atomic mass is 19.1. The molecule has 0 saturated carbocycles. The molecule has 1 unspecified atom stereocenters. The maximum absolute atomic E-state index is 14.0. The molecule has 106 valence electrons. The van der Waals surface area contributed by atoms with E-state index in [1.165, 1.54) is 11.6 Å². The zero-order chi connectivity index (χ0) is 14.5. The molecule has 0 bridgehead atoms. The number of para-hydroxylation sites is 1. The summed E-state index contributed by atoms with van der Waals surface area (Å²) in [6, 6.07) is 15.6. The van der Waals surface area contributed by atoms with E-state index in [0.717, 1.165) is 12.0 Å². The molecule has 0 aliphatic heterocycles. The van der Waals surface area contributed by atoms with E-state index in [4.69, 9.17) is 0 Å². The Balaban J connectivity index is 2.29. The Kier molecular flexibility index (Phi) is 4.78. The van der Waals surface area contributed by atoms with Crippen LogP contribution in [0.5, 0.6) is 0 Å². The third-order valence-corrected chi connectivity index (χ3v) is 3.45. The summed E-state index contributed by atoms with van der Waals surface area (Å²) in [6.07, 6.45) is 0.970. The van der Waals surface area contributed by atoms with Gasteiger partial charge in [0.25, 0.3) is 0 Å². The lowest BCUT2D eigenvalue weighted by Gasteiger charge is -2.23. The number of hydrogen-bond donors (Lipinski definition) is 1. The summed E-state index contributed by atoms with van der Waals surface area (Å²) in [6.45, 7) is 6.31. The molecule has 2 aromatic carbocycles. The van der Waals surface area contributed by atoms with Crippen molar-refractivity contribution in [2.24, 2.45) is 5.92 Å². The Morgan fingerprint density at radius 2 is 1.70 bits per heavy atom. The summed E-state index contributed by atoms with van der Waals surface area (Å²) in [7, 11) is 0. The predicted octanol–water partition coefficient (Wildman–Crippen LogP) is 5.33. The number of rotatable bonds is 5. The molecule has 0 aliphatic carbocycles. The van der Waals surface area contributed by atoms with Crippen LogP contribution < -0.4 is 5.32 Å². The lowest BCUT2D eigenvalue weighted by Crippen LogP contribution is -2.15. The fourth-order valence-electron chi connectivity index (χ4n) is 2.42. The van der Waals surface area contributed by atoms with E-state index >= 15 is 0 Å². The molecule has 0 heterocycles. The summed E-state index contributed by atoms with van der Waals surface area (Å²) < 4.78 is 14.0. The fourth-order valence-corrected chi connectivity index (χ4v) is 2.42. The van der Waals surface area contributed by atoms with Crippen molar-refractivity contribution in [3.05, 3.63) is 65.5 Å². The lowest BCUT2D eigenvalue weighted by molar-refractivity contribution is 0.527. The molecule has 0 spiro atoms. The van der Waals surface area contributed by atoms with E-state index in [9.17, 15) is 4.39 Å². The normalized spacial score (nSPS) is 12.4. The molecule has 0 radical (unpaired) electrons. The van der Waals surface area contributed by atoms with Gasteiger partial charge in [-0.05, 0) is 36.5 Å². The average Bonchev–Trinajstić information content (AvgIpc) is 2.42. The molecular weight excluding hydrogens is 249 g/mol. The first kappa shape index (κ1) is 14.6. The van der Waals surface area contributed by atoms with Crippen LogP contribution in [-0.4, -0.2) is 0 Å². The molecule has 2 heteroatoms. The molecule has 2 rings (SSSR count). The highest BCUT2D eigenvalue weighted by Gasteiger charge is 2.16. The Hall–Kier alpha value is -1.83. The molecule has 0 amide bonds. The van der Waals surface area contributed by atoms with E-state index in [0.29, 0.717) is 11.6 Å². The van der Waals surface area contributed by atoms with E-state index in [1.807, 2.05) is 31.2 Å². The minimum Gasteiger partial charge on any atom is -0.376 e.